The van der Waals surface area contributed by atoms with Gasteiger partial charge in [-0.2, -0.15) is 0 Å². The third kappa shape index (κ3) is 4.03. The van der Waals surface area contributed by atoms with Gasteiger partial charge in [-0.3, -0.25) is 0 Å². The number of benzene rings is 2. The normalized spacial score (nSPS) is 10.6. The van der Waals surface area contributed by atoms with E-state index in [2.05, 4.69) is 25.1 Å². The fraction of sp³-hybridized carbons (Fsp3) is 0.375. The lowest BCUT2D eigenvalue weighted by atomic mass is 10.1. The molecule has 2 aromatic rings. The van der Waals surface area contributed by atoms with Gasteiger partial charge in [-0.25, -0.2) is 0 Å². The second-order valence-corrected chi connectivity index (χ2v) is 4.79. The van der Waals surface area contributed by atoms with Crippen LogP contribution >= 0.6 is 11.6 Å². The summed E-state index contributed by atoms with van der Waals surface area (Å²) < 4.78 is 11.3. The first-order valence-corrected chi connectivity index (χ1v) is 7.22. The van der Waals surface area contributed by atoms with Crippen LogP contribution in [-0.4, -0.2) is 19.1 Å². The molecule has 0 aliphatic carbocycles. The number of alkyl halides is 1. The van der Waals surface area contributed by atoms with Gasteiger partial charge in [-0.15, -0.1) is 11.6 Å². The van der Waals surface area contributed by atoms with Crippen LogP contribution in [0.5, 0.6) is 11.5 Å². The number of halogens is 1. The summed E-state index contributed by atoms with van der Waals surface area (Å²) in [6.45, 7) is 3.52. The van der Waals surface area contributed by atoms with Crippen LogP contribution in [0.3, 0.4) is 0 Å². The summed E-state index contributed by atoms with van der Waals surface area (Å²) in [7, 11) is 0. The fourth-order valence-corrected chi connectivity index (χ4v) is 1.96. The van der Waals surface area contributed by atoms with Crippen molar-refractivity contribution in [3.8, 4) is 11.5 Å². The van der Waals surface area contributed by atoms with E-state index >= 15 is 0 Å². The van der Waals surface area contributed by atoms with Crippen LogP contribution in [0.1, 0.15) is 19.8 Å². The predicted octanol–water partition coefficient (Wildman–Crippen LogP) is 4.64. The Morgan fingerprint density at radius 1 is 0.895 bits per heavy atom. The van der Waals surface area contributed by atoms with Crippen molar-refractivity contribution in [1.82, 2.24) is 0 Å². The van der Waals surface area contributed by atoms with Gasteiger partial charge in [-0.05, 0) is 47.9 Å². The van der Waals surface area contributed by atoms with Gasteiger partial charge in [0.2, 0.25) is 0 Å². The highest BCUT2D eigenvalue weighted by atomic mass is 35.5. The molecule has 0 aliphatic rings. The SMILES string of the molecule is CCCOc1ccc2cc(OCCCCl)ccc2c1. The monoisotopic (exact) mass is 278 g/mol. The molecule has 0 radical (unpaired) electrons. The molecule has 0 aromatic heterocycles. The van der Waals surface area contributed by atoms with E-state index in [1.54, 1.807) is 0 Å². The fourth-order valence-electron chi connectivity index (χ4n) is 1.85. The second kappa shape index (κ2) is 7.25. The van der Waals surface area contributed by atoms with Gasteiger partial charge in [0.1, 0.15) is 11.5 Å². The minimum absolute atomic E-state index is 0.631. The summed E-state index contributed by atoms with van der Waals surface area (Å²) in [6.07, 6.45) is 1.88. The average Bonchev–Trinajstić information content (AvgIpc) is 2.45. The molecule has 0 heterocycles. The van der Waals surface area contributed by atoms with E-state index in [4.69, 9.17) is 21.1 Å². The van der Waals surface area contributed by atoms with E-state index in [0.29, 0.717) is 12.5 Å². The predicted molar refractivity (Wildman–Crippen MR) is 80.6 cm³/mol. The standard InChI is InChI=1S/C16H19ClO2/c1-2-9-18-15-6-4-14-12-16(19-10-3-8-17)7-5-13(14)11-15/h4-7,11-12H,2-3,8-10H2,1H3. The molecule has 0 unspecified atom stereocenters. The van der Waals surface area contributed by atoms with Crippen LogP contribution < -0.4 is 9.47 Å². The lowest BCUT2D eigenvalue weighted by Crippen LogP contribution is -1.97. The Hall–Kier alpha value is -1.41. The summed E-state index contributed by atoms with van der Waals surface area (Å²) in [5.74, 6) is 2.44. The van der Waals surface area contributed by atoms with E-state index < -0.39 is 0 Å². The number of rotatable bonds is 7. The van der Waals surface area contributed by atoms with Crippen LogP contribution in [0.2, 0.25) is 0 Å². The third-order valence-electron chi connectivity index (χ3n) is 2.80. The summed E-state index contributed by atoms with van der Waals surface area (Å²) in [6, 6.07) is 12.2. The second-order valence-electron chi connectivity index (χ2n) is 4.41. The Balaban J connectivity index is 2.11. The Morgan fingerprint density at radius 2 is 1.47 bits per heavy atom. The molecule has 0 spiro atoms. The van der Waals surface area contributed by atoms with Crippen molar-refractivity contribution >= 4 is 22.4 Å². The van der Waals surface area contributed by atoms with Gasteiger partial charge in [0.05, 0.1) is 13.2 Å². The topological polar surface area (TPSA) is 18.5 Å². The van der Waals surface area contributed by atoms with Crippen molar-refractivity contribution in [3.05, 3.63) is 36.4 Å². The minimum atomic E-state index is 0.631. The van der Waals surface area contributed by atoms with Gasteiger partial charge in [-0.1, -0.05) is 19.1 Å². The summed E-state index contributed by atoms with van der Waals surface area (Å²) >= 11 is 5.63. The summed E-state index contributed by atoms with van der Waals surface area (Å²) in [5, 5.41) is 2.32. The van der Waals surface area contributed by atoms with Crippen molar-refractivity contribution in [1.29, 1.82) is 0 Å². The highest BCUT2D eigenvalue weighted by molar-refractivity contribution is 6.17. The van der Waals surface area contributed by atoms with Crippen LogP contribution in [0.15, 0.2) is 36.4 Å². The lowest BCUT2D eigenvalue weighted by molar-refractivity contribution is 0.317. The zero-order valence-electron chi connectivity index (χ0n) is 11.2. The molecular formula is C16H19ClO2. The van der Waals surface area contributed by atoms with E-state index in [1.807, 2.05) is 18.2 Å². The zero-order valence-corrected chi connectivity index (χ0v) is 12.0. The Morgan fingerprint density at radius 3 is 2.00 bits per heavy atom. The van der Waals surface area contributed by atoms with E-state index in [1.165, 1.54) is 5.39 Å². The molecule has 0 amide bonds. The van der Waals surface area contributed by atoms with E-state index in [-0.39, 0.29) is 0 Å². The molecule has 2 rings (SSSR count). The first-order chi connectivity index (χ1) is 9.33. The molecule has 2 nitrogen and oxygen atoms in total. The van der Waals surface area contributed by atoms with Gasteiger partial charge in [0.25, 0.3) is 0 Å². The molecule has 2 aromatic carbocycles. The first-order valence-electron chi connectivity index (χ1n) is 6.69. The van der Waals surface area contributed by atoms with E-state index in [9.17, 15) is 0 Å². The van der Waals surface area contributed by atoms with E-state index in [0.717, 1.165) is 36.3 Å². The van der Waals surface area contributed by atoms with Crippen LogP contribution in [-0.2, 0) is 0 Å². The molecule has 3 heteroatoms. The van der Waals surface area contributed by atoms with Crippen molar-refractivity contribution < 1.29 is 9.47 Å². The van der Waals surface area contributed by atoms with Gasteiger partial charge >= 0.3 is 0 Å². The zero-order chi connectivity index (χ0) is 13.5. The maximum absolute atomic E-state index is 5.63. The van der Waals surface area contributed by atoms with Gasteiger partial charge in [0.15, 0.2) is 0 Å². The quantitative estimate of drug-likeness (QED) is 0.543. The molecule has 102 valence electrons. The number of ether oxygens (including phenoxy) is 2. The molecule has 0 atom stereocenters. The van der Waals surface area contributed by atoms with Gasteiger partial charge in [0, 0.05) is 5.88 Å². The molecule has 19 heavy (non-hydrogen) atoms. The number of fused-ring (bicyclic) bond motifs is 1. The van der Waals surface area contributed by atoms with Crippen LogP contribution in [0.25, 0.3) is 10.8 Å². The molecule has 0 bridgehead atoms. The number of hydrogen-bond donors (Lipinski definition) is 0. The average molecular weight is 279 g/mol. The highest BCUT2D eigenvalue weighted by Gasteiger charge is 2.00. The molecule has 0 aliphatic heterocycles. The summed E-state index contributed by atoms with van der Waals surface area (Å²) in [4.78, 5) is 0. The smallest absolute Gasteiger partial charge is 0.119 e. The lowest BCUT2D eigenvalue weighted by Gasteiger charge is -2.08. The van der Waals surface area contributed by atoms with Gasteiger partial charge < -0.3 is 9.47 Å². The van der Waals surface area contributed by atoms with Crippen molar-refractivity contribution in [3.63, 3.8) is 0 Å². The van der Waals surface area contributed by atoms with Crippen molar-refractivity contribution in [2.45, 2.75) is 19.8 Å². The summed E-state index contributed by atoms with van der Waals surface area (Å²) in [5.41, 5.74) is 0. The van der Waals surface area contributed by atoms with Crippen molar-refractivity contribution in [2.75, 3.05) is 19.1 Å². The first kappa shape index (κ1) is 14.0. The largest absolute Gasteiger partial charge is 0.494 e. The Labute approximate surface area is 119 Å². The molecule has 0 saturated carbocycles. The highest BCUT2D eigenvalue weighted by Crippen LogP contribution is 2.25. The Kier molecular flexibility index (Phi) is 5.34. The maximum atomic E-state index is 5.63. The molecular weight excluding hydrogens is 260 g/mol. The molecule has 0 N–H and O–H groups in total. The number of hydrogen-bond acceptors (Lipinski definition) is 2. The van der Waals surface area contributed by atoms with Crippen LogP contribution in [0.4, 0.5) is 0 Å². The van der Waals surface area contributed by atoms with Crippen LogP contribution in [0, 0.1) is 0 Å². The minimum Gasteiger partial charge on any atom is -0.494 e. The third-order valence-corrected chi connectivity index (χ3v) is 3.07. The molecule has 0 fully saturated rings. The Bertz CT molecular complexity index is 525. The van der Waals surface area contributed by atoms with Crippen molar-refractivity contribution in [2.24, 2.45) is 0 Å². The maximum Gasteiger partial charge on any atom is 0.119 e. The molecule has 0 saturated heterocycles.